The van der Waals surface area contributed by atoms with Crippen molar-refractivity contribution < 1.29 is 4.79 Å². The zero-order valence-corrected chi connectivity index (χ0v) is 17.5. The van der Waals surface area contributed by atoms with Crippen LogP contribution in [0.25, 0.3) is 5.65 Å². The van der Waals surface area contributed by atoms with Gasteiger partial charge in [-0.3, -0.25) is 4.79 Å². The third kappa shape index (κ3) is 4.29. The third-order valence-electron chi connectivity index (χ3n) is 4.95. The number of amides is 1. The lowest BCUT2D eigenvalue weighted by Gasteiger charge is -2.23. The van der Waals surface area contributed by atoms with E-state index in [1.165, 1.54) is 0 Å². The van der Waals surface area contributed by atoms with Gasteiger partial charge >= 0.3 is 0 Å². The molecule has 0 spiro atoms. The van der Waals surface area contributed by atoms with E-state index in [0.717, 1.165) is 48.5 Å². The number of carbonyl (C=O) groups is 1. The van der Waals surface area contributed by atoms with Gasteiger partial charge in [0.1, 0.15) is 5.65 Å². The summed E-state index contributed by atoms with van der Waals surface area (Å²) in [5.74, 6) is -0.212. The second-order valence-corrected chi connectivity index (χ2v) is 6.79. The minimum absolute atomic E-state index is 0. The van der Waals surface area contributed by atoms with Crippen LogP contribution in [0.2, 0.25) is 0 Å². The minimum atomic E-state index is -0.212. The summed E-state index contributed by atoms with van der Waals surface area (Å²) < 4.78 is 3.86. The van der Waals surface area contributed by atoms with Gasteiger partial charge in [-0.05, 0) is 51.4 Å². The fraction of sp³-hybridized carbons (Fsp3) is 0.444. The normalized spacial score (nSPS) is 14.4. The van der Waals surface area contributed by atoms with Crippen LogP contribution in [0.3, 0.4) is 0 Å². The maximum atomic E-state index is 12.5. The van der Waals surface area contributed by atoms with Crippen LogP contribution in [0.4, 0.5) is 0 Å². The fourth-order valence-electron chi connectivity index (χ4n) is 3.49. The molecule has 0 radical (unpaired) electrons. The first-order valence-corrected chi connectivity index (χ1v) is 8.97. The Morgan fingerprint density at radius 1 is 1.29 bits per heavy atom. The van der Waals surface area contributed by atoms with Crippen molar-refractivity contribution in [2.45, 2.75) is 39.3 Å². The molecule has 1 saturated heterocycles. The topological polar surface area (TPSA) is 89.1 Å². The largest absolute Gasteiger partial charge is 0.345 e. The Balaban J connectivity index is 0.00000140. The molecule has 8 nitrogen and oxygen atoms in total. The Morgan fingerprint density at radius 2 is 2.04 bits per heavy atom. The number of piperidine rings is 1. The molecule has 4 rings (SSSR count). The van der Waals surface area contributed by atoms with Crippen molar-refractivity contribution in [3.8, 4) is 0 Å². The van der Waals surface area contributed by atoms with Crippen molar-refractivity contribution in [3.05, 3.63) is 47.2 Å². The van der Waals surface area contributed by atoms with E-state index in [4.69, 9.17) is 0 Å². The molecule has 4 heterocycles. The van der Waals surface area contributed by atoms with Gasteiger partial charge in [0.05, 0.1) is 24.0 Å². The van der Waals surface area contributed by atoms with Crippen molar-refractivity contribution in [1.82, 2.24) is 35.0 Å². The van der Waals surface area contributed by atoms with E-state index in [0.29, 0.717) is 18.3 Å². The number of halogens is 2. The van der Waals surface area contributed by atoms with Gasteiger partial charge in [0.15, 0.2) is 5.69 Å². The van der Waals surface area contributed by atoms with Gasteiger partial charge in [0, 0.05) is 12.4 Å². The molecule has 0 saturated carbocycles. The van der Waals surface area contributed by atoms with Crippen LogP contribution >= 0.6 is 24.8 Å². The standard InChI is InChI=1S/C18H23N7O.2ClH/c1-12-4-3-9-24-11-14(21-17(12)24)10-20-18(26)16-13(2)25(23-22-16)15-5-7-19-8-6-15;;/h3-4,9,11,15,19H,5-8,10H2,1-2H3,(H,20,26);2*1H. The zero-order valence-electron chi connectivity index (χ0n) is 15.9. The van der Waals surface area contributed by atoms with Crippen molar-refractivity contribution in [2.24, 2.45) is 0 Å². The summed E-state index contributed by atoms with van der Waals surface area (Å²) in [5.41, 5.74) is 4.04. The predicted octanol–water partition coefficient (Wildman–Crippen LogP) is 2.24. The van der Waals surface area contributed by atoms with Crippen LogP contribution in [0.15, 0.2) is 24.5 Å². The summed E-state index contributed by atoms with van der Waals surface area (Å²) in [6.45, 7) is 6.23. The number of nitrogens with zero attached hydrogens (tertiary/aromatic N) is 5. The average molecular weight is 426 g/mol. The van der Waals surface area contributed by atoms with E-state index in [-0.39, 0.29) is 30.7 Å². The predicted molar refractivity (Wildman–Crippen MR) is 111 cm³/mol. The summed E-state index contributed by atoms with van der Waals surface area (Å²) in [6.07, 6.45) is 5.90. The van der Waals surface area contributed by atoms with E-state index in [2.05, 4.69) is 25.9 Å². The summed E-state index contributed by atoms with van der Waals surface area (Å²) in [4.78, 5) is 17.1. The van der Waals surface area contributed by atoms with Crippen molar-refractivity contribution in [2.75, 3.05) is 13.1 Å². The molecule has 2 N–H and O–H groups in total. The molecule has 0 bridgehead atoms. The lowest BCUT2D eigenvalue weighted by molar-refractivity contribution is 0.0944. The van der Waals surface area contributed by atoms with Crippen LogP contribution in [0, 0.1) is 13.8 Å². The molecular weight excluding hydrogens is 401 g/mol. The van der Waals surface area contributed by atoms with Gasteiger partial charge in [-0.2, -0.15) is 0 Å². The Morgan fingerprint density at radius 3 is 2.75 bits per heavy atom. The van der Waals surface area contributed by atoms with Gasteiger partial charge < -0.3 is 15.0 Å². The summed E-state index contributed by atoms with van der Waals surface area (Å²) in [5, 5.41) is 14.6. The van der Waals surface area contributed by atoms with Crippen molar-refractivity contribution in [3.63, 3.8) is 0 Å². The Kier molecular flexibility index (Phi) is 7.40. The summed E-state index contributed by atoms with van der Waals surface area (Å²) in [7, 11) is 0. The quantitative estimate of drug-likeness (QED) is 0.668. The maximum absolute atomic E-state index is 12.5. The summed E-state index contributed by atoms with van der Waals surface area (Å²) in [6, 6.07) is 4.31. The number of nitrogens with one attached hydrogen (secondary N) is 2. The number of pyridine rings is 1. The molecule has 28 heavy (non-hydrogen) atoms. The first kappa shape index (κ1) is 22.1. The molecular formula is C18H25Cl2N7O. The number of imidazole rings is 1. The molecule has 1 aliphatic heterocycles. The minimum Gasteiger partial charge on any atom is -0.345 e. The van der Waals surface area contributed by atoms with Crippen LogP contribution in [-0.4, -0.2) is 43.4 Å². The second kappa shape index (κ2) is 9.36. The molecule has 0 aromatic carbocycles. The molecule has 10 heteroatoms. The number of aryl methyl sites for hydroxylation is 1. The van der Waals surface area contributed by atoms with Gasteiger partial charge in [-0.25, -0.2) is 9.67 Å². The lowest BCUT2D eigenvalue weighted by Crippen LogP contribution is -2.30. The van der Waals surface area contributed by atoms with Gasteiger partial charge in [-0.1, -0.05) is 11.3 Å². The Labute approximate surface area is 175 Å². The number of rotatable bonds is 4. The Hall–Kier alpha value is -2.16. The van der Waals surface area contributed by atoms with Crippen LogP contribution in [0.1, 0.15) is 46.3 Å². The maximum Gasteiger partial charge on any atom is 0.274 e. The van der Waals surface area contributed by atoms with Crippen LogP contribution in [0.5, 0.6) is 0 Å². The number of hydrogen-bond donors (Lipinski definition) is 2. The van der Waals surface area contributed by atoms with Crippen molar-refractivity contribution >= 4 is 36.4 Å². The molecule has 1 aliphatic rings. The van der Waals surface area contributed by atoms with Gasteiger partial charge in [0.25, 0.3) is 5.91 Å². The Bertz CT molecular complexity index is 947. The molecule has 0 aliphatic carbocycles. The van der Waals surface area contributed by atoms with E-state index < -0.39 is 0 Å². The fourth-order valence-corrected chi connectivity index (χ4v) is 3.49. The molecule has 1 amide bonds. The van der Waals surface area contributed by atoms with E-state index >= 15 is 0 Å². The van der Waals surface area contributed by atoms with Crippen LogP contribution < -0.4 is 10.6 Å². The molecule has 152 valence electrons. The highest BCUT2D eigenvalue weighted by atomic mass is 35.5. The van der Waals surface area contributed by atoms with E-state index in [1.807, 2.05) is 47.5 Å². The lowest BCUT2D eigenvalue weighted by atomic mass is 10.1. The SMILES string of the molecule is Cc1cccn2cc(CNC(=O)c3nnn(C4CCNCC4)c3C)nc12.Cl.Cl. The molecule has 3 aromatic heterocycles. The number of aromatic nitrogens is 5. The average Bonchev–Trinajstić information content (AvgIpc) is 3.25. The molecule has 0 unspecified atom stereocenters. The highest BCUT2D eigenvalue weighted by Gasteiger charge is 2.22. The number of fused-ring (bicyclic) bond motifs is 1. The zero-order chi connectivity index (χ0) is 18.1. The molecule has 1 fully saturated rings. The first-order chi connectivity index (χ1) is 12.6. The van der Waals surface area contributed by atoms with E-state index in [9.17, 15) is 4.79 Å². The molecule has 0 atom stereocenters. The third-order valence-corrected chi connectivity index (χ3v) is 4.95. The van der Waals surface area contributed by atoms with Gasteiger partial charge in [-0.15, -0.1) is 29.9 Å². The first-order valence-electron chi connectivity index (χ1n) is 8.97. The number of carbonyl (C=O) groups excluding carboxylic acids is 1. The monoisotopic (exact) mass is 425 g/mol. The van der Waals surface area contributed by atoms with E-state index in [1.54, 1.807) is 0 Å². The van der Waals surface area contributed by atoms with Gasteiger partial charge in [0.2, 0.25) is 0 Å². The highest BCUT2D eigenvalue weighted by Crippen LogP contribution is 2.20. The molecule has 3 aromatic rings. The smallest absolute Gasteiger partial charge is 0.274 e. The number of hydrogen-bond acceptors (Lipinski definition) is 5. The highest BCUT2D eigenvalue weighted by molar-refractivity contribution is 5.93. The summed E-state index contributed by atoms with van der Waals surface area (Å²) >= 11 is 0. The van der Waals surface area contributed by atoms with Crippen molar-refractivity contribution in [1.29, 1.82) is 0 Å². The van der Waals surface area contributed by atoms with Crippen LogP contribution in [-0.2, 0) is 6.54 Å². The second-order valence-electron chi connectivity index (χ2n) is 6.79.